The number of carbonyl (C=O) groups is 1. The van der Waals surface area contributed by atoms with Gasteiger partial charge in [0.2, 0.25) is 5.76 Å². The Morgan fingerprint density at radius 1 is 1.33 bits per heavy atom. The lowest BCUT2D eigenvalue weighted by molar-refractivity contribution is 0.0740. The molecule has 0 bridgehead atoms. The molecular weight excluding hydrogens is 268 g/mol. The number of carbonyl (C=O) groups excluding carboxylic acids is 1. The Hall–Kier alpha value is -2.89. The maximum Gasteiger partial charge on any atom is 0.292 e. The molecule has 0 aliphatic carbocycles. The summed E-state index contributed by atoms with van der Waals surface area (Å²) in [4.78, 5) is 20.8. The molecule has 106 valence electrons. The molecule has 0 aliphatic heterocycles. The Labute approximate surface area is 121 Å². The van der Waals surface area contributed by atoms with E-state index in [1.807, 2.05) is 30.3 Å². The van der Waals surface area contributed by atoms with Crippen molar-refractivity contribution < 1.29 is 9.32 Å². The van der Waals surface area contributed by atoms with E-state index in [2.05, 4.69) is 15.1 Å². The lowest BCUT2D eigenvalue weighted by Crippen LogP contribution is -2.26. The molecule has 0 radical (unpaired) electrons. The minimum absolute atomic E-state index is 0.211. The van der Waals surface area contributed by atoms with Gasteiger partial charge >= 0.3 is 0 Å². The standard InChI is InChI=1S/C15H14N4O2/c1-19(10-14-16-7-8-17-14)15(20)13-9-12(18-21-13)11-5-3-2-4-6-11/h2-9H,10H2,1H3,(H,16,17). The number of imidazole rings is 1. The summed E-state index contributed by atoms with van der Waals surface area (Å²) in [6, 6.07) is 11.2. The van der Waals surface area contributed by atoms with Crippen LogP contribution in [0.25, 0.3) is 11.3 Å². The van der Waals surface area contributed by atoms with Gasteiger partial charge in [-0.2, -0.15) is 0 Å². The quantitative estimate of drug-likeness (QED) is 0.797. The average molecular weight is 282 g/mol. The molecule has 3 rings (SSSR count). The van der Waals surface area contributed by atoms with Gasteiger partial charge in [0.1, 0.15) is 11.5 Å². The van der Waals surface area contributed by atoms with Crippen molar-refractivity contribution in [2.75, 3.05) is 7.05 Å². The van der Waals surface area contributed by atoms with E-state index < -0.39 is 0 Å². The van der Waals surface area contributed by atoms with Gasteiger partial charge < -0.3 is 14.4 Å². The van der Waals surface area contributed by atoms with Crippen LogP contribution in [-0.2, 0) is 6.54 Å². The van der Waals surface area contributed by atoms with Gasteiger partial charge in [0.05, 0.1) is 6.54 Å². The fraction of sp³-hybridized carbons (Fsp3) is 0.133. The normalized spacial score (nSPS) is 10.5. The molecule has 0 saturated heterocycles. The smallest absolute Gasteiger partial charge is 0.292 e. The second-order valence-corrected chi connectivity index (χ2v) is 4.64. The summed E-state index contributed by atoms with van der Waals surface area (Å²) in [6.07, 6.45) is 3.37. The first kappa shape index (κ1) is 13.1. The van der Waals surface area contributed by atoms with Gasteiger partial charge in [0.15, 0.2) is 0 Å². The van der Waals surface area contributed by atoms with Gasteiger partial charge in [-0.1, -0.05) is 35.5 Å². The van der Waals surface area contributed by atoms with Crippen LogP contribution in [-0.4, -0.2) is 33.0 Å². The third-order valence-corrected chi connectivity index (χ3v) is 3.08. The Balaban J connectivity index is 1.75. The summed E-state index contributed by atoms with van der Waals surface area (Å²) in [5.74, 6) is 0.692. The van der Waals surface area contributed by atoms with Crippen molar-refractivity contribution in [3.05, 3.63) is 60.4 Å². The molecule has 1 N–H and O–H groups in total. The third kappa shape index (κ3) is 2.84. The molecule has 1 amide bonds. The van der Waals surface area contributed by atoms with Crippen LogP contribution >= 0.6 is 0 Å². The molecule has 3 aromatic rings. The zero-order valence-corrected chi connectivity index (χ0v) is 11.5. The summed E-state index contributed by atoms with van der Waals surface area (Å²) >= 11 is 0. The molecular formula is C15H14N4O2. The van der Waals surface area contributed by atoms with E-state index in [1.54, 1.807) is 25.5 Å². The average Bonchev–Trinajstić information content (AvgIpc) is 3.18. The highest BCUT2D eigenvalue weighted by molar-refractivity contribution is 5.92. The number of benzene rings is 1. The van der Waals surface area contributed by atoms with Crippen LogP contribution < -0.4 is 0 Å². The van der Waals surface area contributed by atoms with Gasteiger partial charge in [-0.05, 0) is 0 Å². The van der Waals surface area contributed by atoms with Crippen molar-refractivity contribution in [3.63, 3.8) is 0 Å². The first-order valence-electron chi connectivity index (χ1n) is 6.50. The van der Waals surface area contributed by atoms with Crippen LogP contribution in [0.1, 0.15) is 16.4 Å². The van der Waals surface area contributed by atoms with E-state index in [-0.39, 0.29) is 11.7 Å². The molecule has 0 saturated carbocycles. The number of H-pyrrole nitrogens is 1. The van der Waals surface area contributed by atoms with Crippen LogP contribution in [0, 0.1) is 0 Å². The largest absolute Gasteiger partial charge is 0.350 e. The van der Waals surface area contributed by atoms with Gasteiger partial charge in [-0.15, -0.1) is 0 Å². The van der Waals surface area contributed by atoms with Crippen LogP contribution in [0.4, 0.5) is 0 Å². The van der Waals surface area contributed by atoms with Gasteiger partial charge in [-0.3, -0.25) is 4.79 Å². The van der Waals surface area contributed by atoms with Crippen molar-refractivity contribution in [1.29, 1.82) is 0 Å². The first-order chi connectivity index (χ1) is 10.2. The molecule has 0 unspecified atom stereocenters. The van der Waals surface area contributed by atoms with Crippen molar-refractivity contribution >= 4 is 5.91 Å². The second kappa shape index (κ2) is 5.62. The van der Waals surface area contributed by atoms with Crippen LogP contribution in [0.15, 0.2) is 53.3 Å². The SMILES string of the molecule is CN(Cc1ncc[nH]1)C(=O)c1cc(-c2ccccc2)no1. The monoisotopic (exact) mass is 282 g/mol. The highest BCUT2D eigenvalue weighted by atomic mass is 16.5. The fourth-order valence-electron chi connectivity index (χ4n) is 1.99. The molecule has 6 nitrogen and oxygen atoms in total. The maximum absolute atomic E-state index is 12.3. The Morgan fingerprint density at radius 3 is 2.86 bits per heavy atom. The number of aromatic amines is 1. The number of aromatic nitrogens is 3. The van der Waals surface area contributed by atoms with E-state index in [4.69, 9.17) is 4.52 Å². The molecule has 6 heteroatoms. The third-order valence-electron chi connectivity index (χ3n) is 3.08. The molecule has 0 fully saturated rings. The number of rotatable bonds is 4. The van der Waals surface area contributed by atoms with E-state index in [0.29, 0.717) is 18.1 Å². The van der Waals surface area contributed by atoms with Crippen LogP contribution in [0.2, 0.25) is 0 Å². The molecule has 2 heterocycles. The molecule has 0 aliphatic rings. The van der Waals surface area contributed by atoms with Crippen molar-refractivity contribution in [1.82, 2.24) is 20.0 Å². The number of amides is 1. The zero-order valence-electron chi connectivity index (χ0n) is 11.5. The summed E-state index contributed by atoms with van der Waals surface area (Å²) in [6.45, 7) is 0.382. The number of hydrogen-bond donors (Lipinski definition) is 1. The van der Waals surface area contributed by atoms with Crippen molar-refractivity contribution in [2.45, 2.75) is 6.54 Å². The minimum Gasteiger partial charge on any atom is -0.350 e. The lowest BCUT2D eigenvalue weighted by atomic mass is 10.1. The van der Waals surface area contributed by atoms with Gasteiger partial charge in [-0.25, -0.2) is 4.98 Å². The summed E-state index contributed by atoms with van der Waals surface area (Å²) in [5, 5.41) is 3.94. The number of nitrogens with zero attached hydrogens (tertiary/aromatic N) is 3. The highest BCUT2D eigenvalue weighted by Crippen LogP contribution is 2.19. The highest BCUT2D eigenvalue weighted by Gasteiger charge is 2.18. The van der Waals surface area contributed by atoms with Crippen LogP contribution in [0.5, 0.6) is 0 Å². The van der Waals surface area contributed by atoms with Gasteiger partial charge in [0.25, 0.3) is 5.91 Å². The van der Waals surface area contributed by atoms with E-state index in [1.165, 1.54) is 4.90 Å². The Bertz CT molecular complexity index is 719. The molecule has 0 spiro atoms. The van der Waals surface area contributed by atoms with Gasteiger partial charge in [0, 0.05) is 31.1 Å². The van der Waals surface area contributed by atoms with E-state index >= 15 is 0 Å². The fourth-order valence-corrected chi connectivity index (χ4v) is 1.99. The van der Waals surface area contributed by atoms with E-state index in [0.717, 1.165) is 5.56 Å². The predicted molar refractivity (Wildman–Crippen MR) is 76.3 cm³/mol. The number of hydrogen-bond acceptors (Lipinski definition) is 4. The predicted octanol–water partition coefficient (Wildman–Crippen LogP) is 2.34. The molecule has 2 aromatic heterocycles. The zero-order chi connectivity index (χ0) is 14.7. The van der Waals surface area contributed by atoms with Crippen molar-refractivity contribution in [3.8, 4) is 11.3 Å². The minimum atomic E-state index is -0.235. The summed E-state index contributed by atoms with van der Waals surface area (Å²) in [7, 11) is 1.69. The second-order valence-electron chi connectivity index (χ2n) is 4.64. The maximum atomic E-state index is 12.3. The van der Waals surface area contributed by atoms with Crippen molar-refractivity contribution in [2.24, 2.45) is 0 Å². The summed E-state index contributed by atoms with van der Waals surface area (Å²) in [5.41, 5.74) is 1.55. The molecule has 21 heavy (non-hydrogen) atoms. The first-order valence-corrected chi connectivity index (χ1v) is 6.50. The van der Waals surface area contributed by atoms with Crippen LogP contribution in [0.3, 0.4) is 0 Å². The molecule has 0 atom stereocenters. The Kier molecular flexibility index (Phi) is 3.51. The molecule has 1 aromatic carbocycles. The van der Waals surface area contributed by atoms with E-state index in [9.17, 15) is 4.79 Å². The Morgan fingerprint density at radius 2 is 2.14 bits per heavy atom. The summed E-state index contributed by atoms with van der Waals surface area (Å²) < 4.78 is 5.15. The number of nitrogens with one attached hydrogen (secondary N) is 1. The lowest BCUT2D eigenvalue weighted by Gasteiger charge is -2.13. The topological polar surface area (TPSA) is 75.0 Å².